The lowest BCUT2D eigenvalue weighted by atomic mass is 10.0. The van der Waals surface area contributed by atoms with Crippen LogP contribution in [0.25, 0.3) is 21.9 Å². The van der Waals surface area contributed by atoms with Crippen LogP contribution in [-0.2, 0) is 9.59 Å². The molecule has 0 spiro atoms. The van der Waals surface area contributed by atoms with Gasteiger partial charge in [0.2, 0.25) is 0 Å². The summed E-state index contributed by atoms with van der Waals surface area (Å²) in [5.41, 5.74) is 2.11. The van der Waals surface area contributed by atoms with Crippen LogP contribution in [0.3, 0.4) is 0 Å². The van der Waals surface area contributed by atoms with Gasteiger partial charge in [-0.3, -0.25) is 0 Å². The topological polar surface area (TPSA) is 52.6 Å². The van der Waals surface area contributed by atoms with Gasteiger partial charge in [-0.2, -0.15) is 0 Å². The molecule has 0 atom stereocenters. The second-order valence-electron chi connectivity index (χ2n) is 6.68. The fraction of sp³-hybridized carbons (Fsp3) is 0.0833. The Bertz CT molecular complexity index is 1160. The molecule has 29 heavy (non-hydrogen) atoms. The van der Waals surface area contributed by atoms with Crippen LogP contribution < -0.4 is 9.47 Å². The van der Waals surface area contributed by atoms with E-state index in [9.17, 15) is 14.0 Å². The Labute approximate surface area is 167 Å². The lowest BCUT2D eigenvalue weighted by molar-refractivity contribution is -0.131. The summed E-state index contributed by atoms with van der Waals surface area (Å²) in [5.74, 6) is -1.55. The van der Waals surface area contributed by atoms with Gasteiger partial charge in [-0.25, -0.2) is 14.0 Å². The number of hydrogen-bond donors (Lipinski definition) is 0. The number of benzene rings is 3. The Balaban J connectivity index is 1.94. The second-order valence-corrected chi connectivity index (χ2v) is 6.68. The van der Waals surface area contributed by atoms with Gasteiger partial charge in [0.15, 0.2) is 11.6 Å². The largest absolute Gasteiger partial charge is 0.423 e. The summed E-state index contributed by atoms with van der Waals surface area (Å²) in [7, 11) is 0. The predicted octanol–water partition coefficient (Wildman–Crippen LogP) is 5.61. The molecule has 0 bridgehead atoms. The summed E-state index contributed by atoms with van der Waals surface area (Å²) < 4.78 is 25.0. The van der Waals surface area contributed by atoms with E-state index in [4.69, 9.17) is 9.47 Å². The molecule has 4 nitrogen and oxygen atoms in total. The Kier molecular flexibility index (Phi) is 5.59. The summed E-state index contributed by atoms with van der Waals surface area (Å²) in [6, 6.07) is 15.3. The SMILES string of the molecule is C=C(C)C(=O)Oc1cccc(-c2ccc3c(F)c(OC(=O)C(=C)C)ccc3c2)c1. The monoisotopic (exact) mass is 390 g/mol. The first-order valence-electron chi connectivity index (χ1n) is 8.84. The standard InChI is InChI=1S/C24H19FO4/c1-14(2)23(26)28-19-7-5-6-16(13-19)17-8-10-20-18(12-17)9-11-21(22(20)25)29-24(27)15(3)4/h5-13H,1,3H2,2,4H3. The van der Waals surface area contributed by atoms with Gasteiger partial charge in [0, 0.05) is 16.5 Å². The van der Waals surface area contributed by atoms with Crippen molar-refractivity contribution in [3.8, 4) is 22.6 Å². The Morgan fingerprint density at radius 3 is 2.17 bits per heavy atom. The summed E-state index contributed by atoms with van der Waals surface area (Å²) >= 11 is 0. The quantitative estimate of drug-likeness (QED) is 0.323. The molecule has 146 valence electrons. The van der Waals surface area contributed by atoms with Crippen molar-refractivity contribution in [1.82, 2.24) is 0 Å². The van der Waals surface area contributed by atoms with E-state index >= 15 is 0 Å². The molecule has 3 aromatic rings. The zero-order valence-corrected chi connectivity index (χ0v) is 16.1. The van der Waals surface area contributed by atoms with Gasteiger partial charge in [-0.15, -0.1) is 0 Å². The second kappa shape index (κ2) is 8.10. The first-order valence-corrected chi connectivity index (χ1v) is 8.84. The van der Waals surface area contributed by atoms with E-state index in [0.29, 0.717) is 22.1 Å². The van der Waals surface area contributed by atoms with Gasteiger partial charge in [0.25, 0.3) is 0 Å². The summed E-state index contributed by atoms with van der Waals surface area (Å²) in [5, 5.41) is 0.963. The maximum absolute atomic E-state index is 14.7. The van der Waals surface area contributed by atoms with Gasteiger partial charge >= 0.3 is 11.9 Å². The Hall–Kier alpha value is -3.73. The Morgan fingerprint density at radius 2 is 1.48 bits per heavy atom. The maximum atomic E-state index is 14.7. The summed E-state index contributed by atoms with van der Waals surface area (Å²) in [6.07, 6.45) is 0. The van der Waals surface area contributed by atoms with E-state index in [0.717, 1.165) is 11.1 Å². The highest BCUT2D eigenvalue weighted by Crippen LogP contribution is 2.31. The molecule has 0 saturated heterocycles. The van der Waals surface area contributed by atoms with Crippen LogP contribution >= 0.6 is 0 Å². The number of carbonyl (C=O) groups excluding carboxylic acids is 2. The molecule has 3 aromatic carbocycles. The van der Waals surface area contributed by atoms with Gasteiger partial charge in [-0.1, -0.05) is 43.5 Å². The summed E-state index contributed by atoms with van der Waals surface area (Å²) in [4.78, 5) is 23.4. The lowest BCUT2D eigenvalue weighted by Crippen LogP contribution is -2.09. The minimum Gasteiger partial charge on any atom is -0.423 e. The summed E-state index contributed by atoms with van der Waals surface area (Å²) in [6.45, 7) is 10.1. The molecule has 5 heteroatoms. The molecule has 0 N–H and O–H groups in total. The average molecular weight is 390 g/mol. The lowest BCUT2D eigenvalue weighted by Gasteiger charge is -2.10. The van der Waals surface area contributed by atoms with Crippen molar-refractivity contribution in [2.24, 2.45) is 0 Å². The van der Waals surface area contributed by atoms with Crippen molar-refractivity contribution in [3.05, 3.63) is 84.7 Å². The van der Waals surface area contributed by atoms with Crippen molar-refractivity contribution in [2.75, 3.05) is 0 Å². The number of fused-ring (bicyclic) bond motifs is 1. The van der Waals surface area contributed by atoms with Crippen molar-refractivity contribution in [3.63, 3.8) is 0 Å². The van der Waals surface area contributed by atoms with Crippen LogP contribution in [0.1, 0.15) is 13.8 Å². The predicted molar refractivity (Wildman–Crippen MR) is 110 cm³/mol. The number of carbonyl (C=O) groups is 2. The third-order valence-electron chi connectivity index (χ3n) is 4.20. The third kappa shape index (κ3) is 4.41. The van der Waals surface area contributed by atoms with Gasteiger partial charge < -0.3 is 9.47 Å². The first kappa shape index (κ1) is 20.0. The highest BCUT2D eigenvalue weighted by Gasteiger charge is 2.14. The normalized spacial score (nSPS) is 10.4. The number of halogens is 1. The molecule has 0 aromatic heterocycles. The van der Waals surface area contributed by atoms with E-state index in [-0.39, 0.29) is 11.3 Å². The van der Waals surface area contributed by atoms with E-state index in [1.54, 1.807) is 43.3 Å². The van der Waals surface area contributed by atoms with Crippen LogP contribution in [0.5, 0.6) is 11.5 Å². The highest BCUT2D eigenvalue weighted by molar-refractivity contribution is 5.92. The molecule has 0 amide bonds. The van der Waals surface area contributed by atoms with Gasteiger partial charge in [0.05, 0.1) is 0 Å². The van der Waals surface area contributed by atoms with Crippen molar-refractivity contribution in [1.29, 1.82) is 0 Å². The number of esters is 2. The Morgan fingerprint density at radius 1 is 0.828 bits per heavy atom. The van der Waals surface area contributed by atoms with Gasteiger partial charge in [0.1, 0.15) is 5.75 Å². The van der Waals surface area contributed by atoms with E-state index in [1.807, 2.05) is 12.1 Å². The third-order valence-corrected chi connectivity index (χ3v) is 4.20. The minimum atomic E-state index is -0.680. The molecular weight excluding hydrogens is 371 g/mol. The van der Waals surface area contributed by atoms with Crippen molar-refractivity contribution in [2.45, 2.75) is 13.8 Å². The zero-order chi connectivity index (χ0) is 21.1. The number of hydrogen-bond acceptors (Lipinski definition) is 4. The van der Waals surface area contributed by atoms with Gasteiger partial charge in [-0.05, 0) is 54.6 Å². The molecule has 3 rings (SSSR count). The van der Waals surface area contributed by atoms with Crippen molar-refractivity contribution >= 4 is 22.7 Å². The van der Waals surface area contributed by atoms with Crippen LogP contribution in [-0.4, -0.2) is 11.9 Å². The molecule has 0 aliphatic carbocycles. The van der Waals surface area contributed by atoms with E-state index in [1.165, 1.54) is 13.0 Å². The fourth-order valence-corrected chi connectivity index (χ4v) is 2.65. The smallest absolute Gasteiger partial charge is 0.338 e. The van der Waals surface area contributed by atoms with Crippen LogP contribution in [0.2, 0.25) is 0 Å². The van der Waals surface area contributed by atoms with Crippen LogP contribution in [0.4, 0.5) is 4.39 Å². The molecule has 0 aliphatic rings. The first-order chi connectivity index (χ1) is 13.8. The average Bonchev–Trinajstić information content (AvgIpc) is 2.69. The molecule has 0 aliphatic heterocycles. The number of ether oxygens (including phenoxy) is 2. The highest BCUT2D eigenvalue weighted by atomic mass is 19.1. The molecule has 0 radical (unpaired) electrons. The molecular formula is C24H19FO4. The van der Waals surface area contributed by atoms with E-state index < -0.39 is 17.8 Å². The minimum absolute atomic E-state index is 0.146. The van der Waals surface area contributed by atoms with E-state index in [2.05, 4.69) is 13.2 Å². The van der Waals surface area contributed by atoms with Crippen LogP contribution in [0.15, 0.2) is 78.9 Å². The zero-order valence-electron chi connectivity index (χ0n) is 16.1. The number of rotatable bonds is 5. The molecule has 0 heterocycles. The fourth-order valence-electron chi connectivity index (χ4n) is 2.65. The molecule has 0 saturated carbocycles. The maximum Gasteiger partial charge on any atom is 0.338 e. The molecule has 0 unspecified atom stereocenters. The van der Waals surface area contributed by atoms with Crippen LogP contribution in [0, 0.1) is 5.82 Å². The molecule has 0 fully saturated rings. The van der Waals surface area contributed by atoms with Crippen molar-refractivity contribution < 1.29 is 23.5 Å².